The van der Waals surface area contributed by atoms with Crippen molar-refractivity contribution in [1.29, 1.82) is 0 Å². The minimum absolute atomic E-state index is 0.348. The molecule has 0 bridgehead atoms. The van der Waals surface area contributed by atoms with Crippen LogP contribution < -0.4 is 0 Å². The highest BCUT2D eigenvalue weighted by Crippen LogP contribution is 2.31. The predicted octanol–water partition coefficient (Wildman–Crippen LogP) is 2.68. The average molecular weight is 424 g/mol. The van der Waals surface area contributed by atoms with E-state index in [0.29, 0.717) is 28.5 Å². The number of benzene rings is 1. The van der Waals surface area contributed by atoms with E-state index in [9.17, 15) is 8.42 Å². The summed E-state index contributed by atoms with van der Waals surface area (Å²) in [7, 11) is -3.40. The first-order valence-electron chi connectivity index (χ1n) is 6.68. The molecule has 0 radical (unpaired) electrons. The molecule has 1 heterocycles. The summed E-state index contributed by atoms with van der Waals surface area (Å²) in [6.45, 7) is 2.86. The van der Waals surface area contributed by atoms with E-state index in [1.54, 1.807) is 22.5 Å². The second-order valence-corrected chi connectivity index (χ2v) is 8.92. The molecule has 7 heteroatoms. The van der Waals surface area contributed by atoms with Gasteiger partial charge in [-0.3, -0.25) is 4.90 Å². The van der Waals surface area contributed by atoms with Gasteiger partial charge in [-0.25, -0.2) is 8.42 Å². The third-order valence-corrected chi connectivity index (χ3v) is 7.22. The third kappa shape index (κ3) is 2.97. The molecule has 1 aromatic carbocycles. The molecule has 110 valence electrons. The van der Waals surface area contributed by atoms with Crippen molar-refractivity contribution in [2.45, 2.75) is 23.8 Å². The van der Waals surface area contributed by atoms with Crippen molar-refractivity contribution in [3.63, 3.8) is 0 Å². The average Bonchev–Trinajstić information content (AvgIpc) is 3.22. The summed E-state index contributed by atoms with van der Waals surface area (Å²) in [6, 6.07) is 5.89. The van der Waals surface area contributed by atoms with Crippen molar-refractivity contribution in [3.8, 4) is 0 Å². The number of nitrogens with zero attached hydrogens (tertiary/aromatic N) is 2. The smallest absolute Gasteiger partial charge is 0.244 e. The maximum Gasteiger partial charge on any atom is 0.244 e. The molecular weight excluding hydrogens is 408 g/mol. The first kappa shape index (κ1) is 15.0. The Balaban J connectivity index is 1.78. The van der Waals surface area contributed by atoms with E-state index in [2.05, 4.69) is 36.8 Å². The molecule has 0 atom stereocenters. The Bertz CT molecular complexity index is 609. The second-order valence-electron chi connectivity index (χ2n) is 5.25. The highest BCUT2D eigenvalue weighted by atomic mass is 79.9. The highest BCUT2D eigenvalue weighted by Gasteiger charge is 2.35. The van der Waals surface area contributed by atoms with Crippen LogP contribution in [0.4, 0.5) is 0 Å². The van der Waals surface area contributed by atoms with Crippen LogP contribution in [0.3, 0.4) is 0 Å². The Kier molecular flexibility index (Phi) is 4.25. The fraction of sp³-hybridized carbons (Fsp3) is 0.538. The topological polar surface area (TPSA) is 40.6 Å². The molecule has 3 rings (SSSR count). The van der Waals surface area contributed by atoms with E-state index in [-0.39, 0.29) is 0 Å². The minimum atomic E-state index is -3.40. The monoisotopic (exact) mass is 422 g/mol. The first-order valence-corrected chi connectivity index (χ1v) is 9.70. The van der Waals surface area contributed by atoms with Crippen molar-refractivity contribution in [1.82, 2.24) is 9.21 Å². The van der Waals surface area contributed by atoms with Crippen LogP contribution in [0.1, 0.15) is 12.8 Å². The Labute approximate surface area is 136 Å². The Morgan fingerprint density at radius 3 is 2.25 bits per heavy atom. The molecule has 2 aliphatic rings. The largest absolute Gasteiger partial charge is 0.298 e. The number of hydrogen-bond donors (Lipinski definition) is 0. The molecule has 1 aliphatic carbocycles. The van der Waals surface area contributed by atoms with E-state index >= 15 is 0 Å². The summed E-state index contributed by atoms with van der Waals surface area (Å²) in [6.07, 6.45) is 2.54. The zero-order chi connectivity index (χ0) is 14.3. The van der Waals surface area contributed by atoms with Crippen LogP contribution in [0.2, 0.25) is 0 Å². The maximum atomic E-state index is 12.7. The molecule has 2 fully saturated rings. The standard InChI is InChI=1S/C13H16Br2N2O2S/c14-10-1-4-13(12(15)9-10)20(18,19)17-7-5-16(6-8-17)11-2-3-11/h1,4,9,11H,2-3,5-8H2. The summed E-state index contributed by atoms with van der Waals surface area (Å²) >= 11 is 6.69. The lowest BCUT2D eigenvalue weighted by molar-refractivity contribution is 0.180. The fourth-order valence-electron chi connectivity index (χ4n) is 2.57. The van der Waals surface area contributed by atoms with Crippen molar-refractivity contribution >= 4 is 41.9 Å². The van der Waals surface area contributed by atoms with E-state index in [1.807, 2.05) is 0 Å². The number of sulfonamides is 1. The number of rotatable bonds is 3. The molecular formula is C13H16Br2N2O2S. The highest BCUT2D eigenvalue weighted by molar-refractivity contribution is 9.11. The quantitative estimate of drug-likeness (QED) is 0.750. The van der Waals surface area contributed by atoms with Gasteiger partial charge in [0.2, 0.25) is 10.0 Å². The van der Waals surface area contributed by atoms with Gasteiger partial charge in [0.15, 0.2) is 0 Å². The Morgan fingerprint density at radius 1 is 1.05 bits per heavy atom. The fourth-order valence-corrected chi connectivity index (χ4v) is 5.70. The van der Waals surface area contributed by atoms with E-state index < -0.39 is 10.0 Å². The molecule has 1 saturated carbocycles. The zero-order valence-corrected chi connectivity index (χ0v) is 14.9. The molecule has 1 aliphatic heterocycles. The van der Waals surface area contributed by atoms with Crippen molar-refractivity contribution in [2.75, 3.05) is 26.2 Å². The molecule has 0 amide bonds. The summed E-state index contributed by atoms with van der Waals surface area (Å²) in [5, 5.41) is 0. The first-order chi connectivity index (χ1) is 9.48. The van der Waals surface area contributed by atoms with Crippen LogP contribution in [-0.4, -0.2) is 49.8 Å². The van der Waals surface area contributed by atoms with Gasteiger partial charge in [0, 0.05) is 41.2 Å². The van der Waals surface area contributed by atoms with Gasteiger partial charge in [0.25, 0.3) is 0 Å². The second kappa shape index (κ2) is 5.68. The molecule has 1 saturated heterocycles. The lowest BCUT2D eigenvalue weighted by Crippen LogP contribution is -2.49. The van der Waals surface area contributed by atoms with Gasteiger partial charge in [-0.2, -0.15) is 4.31 Å². The lowest BCUT2D eigenvalue weighted by atomic mass is 10.3. The SMILES string of the molecule is O=S(=O)(c1ccc(Br)cc1Br)N1CCN(C2CC2)CC1. The normalized spacial score (nSPS) is 22.1. The molecule has 4 nitrogen and oxygen atoms in total. The minimum Gasteiger partial charge on any atom is -0.298 e. The summed E-state index contributed by atoms with van der Waals surface area (Å²) in [5.41, 5.74) is 0. The lowest BCUT2D eigenvalue weighted by Gasteiger charge is -2.34. The molecule has 20 heavy (non-hydrogen) atoms. The molecule has 0 N–H and O–H groups in total. The number of halogens is 2. The van der Waals surface area contributed by atoms with Crippen LogP contribution in [0, 0.1) is 0 Å². The van der Waals surface area contributed by atoms with Crippen molar-refractivity contribution < 1.29 is 8.42 Å². The van der Waals surface area contributed by atoms with Crippen LogP contribution in [-0.2, 0) is 10.0 Å². The van der Waals surface area contributed by atoms with Crippen molar-refractivity contribution in [2.24, 2.45) is 0 Å². The van der Waals surface area contributed by atoms with Crippen LogP contribution in [0.5, 0.6) is 0 Å². The van der Waals surface area contributed by atoms with Gasteiger partial charge in [-0.05, 0) is 47.0 Å². The molecule has 1 aromatic rings. The van der Waals surface area contributed by atoms with Gasteiger partial charge in [0.05, 0.1) is 4.90 Å². The summed E-state index contributed by atoms with van der Waals surface area (Å²) in [5.74, 6) is 0. The van der Waals surface area contributed by atoms with E-state index in [1.165, 1.54) is 12.8 Å². The third-order valence-electron chi connectivity index (χ3n) is 3.85. The molecule has 0 aromatic heterocycles. The number of hydrogen-bond acceptors (Lipinski definition) is 3. The van der Waals surface area contributed by atoms with Crippen molar-refractivity contribution in [3.05, 3.63) is 27.1 Å². The van der Waals surface area contributed by atoms with Gasteiger partial charge in [0.1, 0.15) is 0 Å². The van der Waals surface area contributed by atoms with E-state index in [4.69, 9.17) is 0 Å². The number of piperazine rings is 1. The van der Waals surface area contributed by atoms with E-state index in [0.717, 1.165) is 17.6 Å². The van der Waals surface area contributed by atoms with Crippen LogP contribution in [0.15, 0.2) is 32.0 Å². The van der Waals surface area contributed by atoms with Crippen LogP contribution in [0.25, 0.3) is 0 Å². The Morgan fingerprint density at radius 2 is 1.70 bits per heavy atom. The van der Waals surface area contributed by atoms with Gasteiger partial charge < -0.3 is 0 Å². The summed E-state index contributed by atoms with van der Waals surface area (Å²) < 4.78 is 28.4. The molecule has 0 spiro atoms. The van der Waals surface area contributed by atoms with Gasteiger partial charge in [-0.15, -0.1) is 0 Å². The van der Waals surface area contributed by atoms with Gasteiger partial charge >= 0.3 is 0 Å². The zero-order valence-electron chi connectivity index (χ0n) is 10.9. The Hall–Kier alpha value is 0.0500. The van der Waals surface area contributed by atoms with Crippen LogP contribution >= 0.6 is 31.9 Å². The predicted molar refractivity (Wildman–Crippen MR) is 85.2 cm³/mol. The maximum absolute atomic E-state index is 12.7. The van der Waals surface area contributed by atoms with Gasteiger partial charge in [-0.1, -0.05) is 15.9 Å². The molecule has 0 unspecified atom stereocenters. The summed E-state index contributed by atoms with van der Waals surface area (Å²) in [4.78, 5) is 2.75.